The Bertz CT molecular complexity index is 690. The largest absolute Gasteiger partial charge is 0.594 e. The summed E-state index contributed by atoms with van der Waals surface area (Å²) in [5, 5.41) is 15.5. The summed E-state index contributed by atoms with van der Waals surface area (Å²) < 4.78 is 1.99. The summed E-state index contributed by atoms with van der Waals surface area (Å²) in [5.41, 5.74) is 4.29. The minimum absolute atomic E-state index is 0.158. The number of fused-ring (bicyclic) bond motifs is 1. The molecule has 0 fully saturated rings. The molecular formula is C14H12N3O2+. The Labute approximate surface area is 109 Å². The lowest BCUT2D eigenvalue weighted by Gasteiger charge is -2.30. The van der Waals surface area contributed by atoms with Crippen LogP contribution < -0.4 is 0 Å². The minimum atomic E-state index is 0.158. The van der Waals surface area contributed by atoms with Gasteiger partial charge in [-0.1, -0.05) is 23.1 Å². The topological polar surface area (TPSA) is 50.7 Å². The molecule has 0 radical (unpaired) electrons. The number of hydroxylamine groups is 2. The van der Waals surface area contributed by atoms with E-state index in [1.54, 1.807) is 0 Å². The van der Waals surface area contributed by atoms with E-state index in [1.165, 1.54) is 11.3 Å². The van der Waals surface area contributed by atoms with Crippen LogP contribution >= 0.6 is 0 Å². The fourth-order valence-electron chi connectivity index (χ4n) is 3.85. The first kappa shape index (κ1) is 9.72. The first-order valence-corrected chi connectivity index (χ1v) is 6.61. The number of hydrogen-bond donors (Lipinski definition) is 0. The molecule has 2 bridgehead atoms. The van der Waals surface area contributed by atoms with Crippen molar-refractivity contribution in [1.82, 2.24) is 0 Å². The Morgan fingerprint density at radius 1 is 1.26 bits per heavy atom. The molecule has 3 heterocycles. The molecule has 5 nitrogen and oxygen atoms in total. The third-order valence-corrected chi connectivity index (χ3v) is 4.57. The van der Waals surface area contributed by atoms with Crippen LogP contribution in [0.15, 0.2) is 46.8 Å². The maximum absolute atomic E-state index is 11.6. The summed E-state index contributed by atoms with van der Waals surface area (Å²) in [6, 6.07) is 10.3. The molecule has 19 heavy (non-hydrogen) atoms. The van der Waals surface area contributed by atoms with Gasteiger partial charge in [-0.3, -0.25) is 4.84 Å². The summed E-state index contributed by atoms with van der Waals surface area (Å²) in [4.78, 5) is 6.77. The van der Waals surface area contributed by atoms with Gasteiger partial charge < -0.3 is 5.21 Å². The van der Waals surface area contributed by atoms with Crippen LogP contribution in [0.2, 0.25) is 0 Å². The van der Waals surface area contributed by atoms with Crippen molar-refractivity contribution in [1.29, 1.82) is 0 Å². The van der Waals surface area contributed by atoms with Crippen LogP contribution in [-0.2, 0) is 4.84 Å². The predicted octanol–water partition coefficient (Wildman–Crippen LogP) is 1.64. The summed E-state index contributed by atoms with van der Waals surface area (Å²) in [6.45, 7) is 0.776. The second kappa shape index (κ2) is 3.04. The molecule has 0 aromatic heterocycles. The molecular weight excluding hydrogens is 242 g/mol. The van der Waals surface area contributed by atoms with Crippen molar-refractivity contribution in [2.75, 3.05) is 6.54 Å². The molecule has 3 unspecified atom stereocenters. The zero-order chi connectivity index (χ0) is 12.6. The molecule has 5 heteroatoms. The number of nitrogens with zero attached hydrogens (tertiary/aromatic N) is 3. The summed E-state index contributed by atoms with van der Waals surface area (Å²) in [7, 11) is 0. The fraction of sp³-hybridized carbons (Fsp3) is 0.357. The third kappa shape index (κ3) is 1.04. The lowest BCUT2D eigenvalue weighted by atomic mass is 9.75. The molecule has 0 N–H and O–H groups in total. The van der Waals surface area contributed by atoms with Gasteiger partial charge in [0.2, 0.25) is 12.3 Å². The van der Waals surface area contributed by atoms with E-state index in [0.29, 0.717) is 5.92 Å². The van der Waals surface area contributed by atoms with Crippen molar-refractivity contribution in [3.8, 4) is 0 Å². The van der Waals surface area contributed by atoms with Crippen LogP contribution in [0.5, 0.6) is 0 Å². The number of benzene rings is 1. The first-order valence-electron chi connectivity index (χ1n) is 6.61. The van der Waals surface area contributed by atoms with Crippen molar-refractivity contribution < 1.29 is 14.4 Å². The smallest absolute Gasteiger partial charge is 0.259 e. The Balaban J connectivity index is 1.61. The van der Waals surface area contributed by atoms with Crippen LogP contribution in [0, 0.1) is 17.0 Å². The fourth-order valence-corrected chi connectivity index (χ4v) is 3.85. The van der Waals surface area contributed by atoms with Gasteiger partial charge in [0.05, 0.1) is 0 Å². The Kier molecular flexibility index (Phi) is 1.56. The second-order valence-corrected chi connectivity index (χ2v) is 5.50. The Morgan fingerprint density at radius 2 is 2.11 bits per heavy atom. The van der Waals surface area contributed by atoms with Gasteiger partial charge in [-0.25, -0.2) is 0 Å². The molecule has 0 saturated carbocycles. The molecule has 3 aliphatic heterocycles. The summed E-state index contributed by atoms with van der Waals surface area (Å²) in [5.74, 6) is 0.570. The first-order chi connectivity index (χ1) is 9.33. The van der Waals surface area contributed by atoms with Gasteiger partial charge >= 0.3 is 0 Å². The van der Waals surface area contributed by atoms with Gasteiger partial charge in [-0.05, 0) is 16.9 Å². The summed E-state index contributed by atoms with van der Waals surface area (Å²) in [6.07, 6.45) is 0.923. The van der Waals surface area contributed by atoms with E-state index in [-0.39, 0.29) is 12.0 Å². The zero-order valence-corrected chi connectivity index (χ0v) is 10.2. The molecule has 0 amide bonds. The molecule has 1 aromatic carbocycles. The maximum atomic E-state index is 11.6. The highest BCUT2D eigenvalue weighted by Crippen LogP contribution is 2.49. The van der Waals surface area contributed by atoms with Gasteiger partial charge in [0.25, 0.3) is 5.70 Å². The van der Waals surface area contributed by atoms with Crippen molar-refractivity contribution >= 4 is 5.71 Å². The van der Waals surface area contributed by atoms with Crippen LogP contribution in [0.3, 0.4) is 0 Å². The minimum Gasteiger partial charge on any atom is -0.594 e. The highest BCUT2D eigenvalue weighted by molar-refractivity contribution is 6.00. The third-order valence-electron chi connectivity index (χ3n) is 4.57. The van der Waals surface area contributed by atoms with E-state index in [1.807, 2.05) is 22.9 Å². The molecule has 94 valence electrons. The maximum Gasteiger partial charge on any atom is 0.259 e. The Hall–Kier alpha value is -2.17. The van der Waals surface area contributed by atoms with Gasteiger partial charge in [-0.2, -0.15) is 0 Å². The number of hydrogen-bond acceptors (Lipinski definition) is 3. The van der Waals surface area contributed by atoms with Crippen LogP contribution in [0.4, 0.5) is 0 Å². The van der Waals surface area contributed by atoms with Crippen LogP contribution in [0.25, 0.3) is 0 Å². The summed E-state index contributed by atoms with van der Waals surface area (Å²) >= 11 is 0. The van der Waals surface area contributed by atoms with Gasteiger partial charge in [0.15, 0.2) is 11.8 Å². The molecule has 0 saturated heterocycles. The van der Waals surface area contributed by atoms with Crippen LogP contribution in [0.1, 0.15) is 12.0 Å². The lowest BCUT2D eigenvalue weighted by molar-refractivity contribution is -0.796. The van der Waals surface area contributed by atoms with Crippen molar-refractivity contribution in [2.24, 2.45) is 17.0 Å². The molecule has 5 rings (SSSR count). The van der Waals surface area contributed by atoms with E-state index in [4.69, 9.17) is 4.84 Å². The van der Waals surface area contributed by atoms with E-state index in [2.05, 4.69) is 17.2 Å². The van der Waals surface area contributed by atoms with Gasteiger partial charge in [-0.15, -0.1) is 0 Å². The van der Waals surface area contributed by atoms with E-state index < -0.39 is 0 Å². The lowest BCUT2D eigenvalue weighted by Crippen LogP contribution is -2.44. The Morgan fingerprint density at radius 3 is 2.89 bits per heavy atom. The average molecular weight is 254 g/mol. The van der Waals surface area contributed by atoms with Crippen molar-refractivity contribution in [3.05, 3.63) is 52.5 Å². The predicted molar refractivity (Wildman–Crippen MR) is 65.2 cm³/mol. The monoisotopic (exact) mass is 254 g/mol. The normalized spacial score (nSPS) is 33.9. The number of rotatable bonds is 1. The van der Waals surface area contributed by atoms with E-state index in [0.717, 1.165) is 29.2 Å². The molecule has 0 spiro atoms. The molecule has 1 aliphatic carbocycles. The standard InChI is InChI=1S/C14H12N3O2/c18-17-14-9-7-16-13(8-4-2-1-3-5-8)12(9)11(19-16)6-10(14)15-17/h1-5,9,11-12H,6-7H2/q+1. The highest BCUT2D eigenvalue weighted by atomic mass is 16.7. The van der Waals surface area contributed by atoms with Crippen molar-refractivity contribution in [2.45, 2.75) is 12.5 Å². The molecule has 4 aliphatic rings. The number of azo groups is 1. The average Bonchev–Trinajstić information content (AvgIpc) is 2.93. The van der Waals surface area contributed by atoms with Crippen molar-refractivity contribution in [3.63, 3.8) is 0 Å². The SMILES string of the molecule is [O-][N+]1=NC2=C1C1C[N+]3=C(c4ccccc4)C1C(C2)O3. The highest BCUT2D eigenvalue weighted by Gasteiger charge is 2.65. The van der Waals surface area contributed by atoms with E-state index >= 15 is 0 Å². The zero-order valence-electron chi connectivity index (χ0n) is 10.2. The van der Waals surface area contributed by atoms with E-state index in [9.17, 15) is 5.21 Å². The van der Waals surface area contributed by atoms with Crippen LogP contribution in [-0.4, -0.2) is 28.0 Å². The van der Waals surface area contributed by atoms with Gasteiger partial charge in [0, 0.05) is 17.1 Å². The molecule has 3 atom stereocenters. The van der Waals surface area contributed by atoms with Gasteiger partial charge in [0.1, 0.15) is 11.8 Å². The quantitative estimate of drug-likeness (QED) is 0.565. The molecule has 1 aromatic rings. The second-order valence-electron chi connectivity index (χ2n) is 5.50.